The Morgan fingerprint density at radius 2 is 1.94 bits per heavy atom. The molecular weight excluding hydrogens is 208 g/mol. The molecule has 5 nitrogen and oxygen atoms in total. The SMILES string of the molecule is CN(C)[C@@H](CCO)c1ccc([N+](=O)[O-])cc1. The van der Waals surface area contributed by atoms with Crippen LogP contribution in [0, 0.1) is 10.1 Å². The van der Waals surface area contributed by atoms with Crippen LogP contribution in [0.3, 0.4) is 0 Å². The largest absolute Gasteiger partial charge is 0.396 e. The fraction of sp³-hybridized carbons (Fsp3) is 0.455. The zero-order valence-electron chi connectivity index (χ0n) is 9.46. The maximum atomic E-state index is 10.5. The van der Waals surface area contributed by atoms with Crippen molar-refractivity contribution in [2.45, 2.75) is 12.5 Å². The van der Waals surface area contributed by atoms with E-state index in [4.69, 9.17) is 5.11 Å². The van der Waals surface area contributed by atoms with Crippen LogP contribution in [-0.4, -0.2) is 35.6 Å². The van der Waals surface area contributed by atoms with E-state index in [1.165, 1.54) is 12.1 Å². The second-order valence-electron chi connectivity index (χ2n) is 3.84. The van der Waals surface area contributed by atoms with Crippen molar-refractivity contribution >= 4 is 5.69 Å². The molecule has 0 fully saturated rings. The van der Waals surface area contributed by atoms with E-state index in [1.54, 1.807) is 12.1 Å². The number of benzene rings is 1. The number of nitrogens with zero attached hydrogens (tertiary/aromatic N) is 2. The van der Waals surface area contributed by atoms with Gasteiger partial charge in [0, 0.05) is 24.8 Å². The molecule has 1 rings (SSSR count). The number of hydrogen-bond donors (Lipinski definition) is 1. The van der Waals surface area contributed by atoms with Crippen molar-refractivity contribution in [3.63, 3.8) is 0 Å². The number of aliphatic hydroxyl groups excluding tert-OH is 1. The molecule has 0 saturated heterocycles. The minimum Gasteiger partial charge on any atom is -0.396 e. The Hall–Kier alpha value is -1.46. The Kier molecular flexibility index (Phi) is 4.39. The molecule has 0 amide bonds. The van der Waals surface area contributed by atoms with Gasteiger partial charge >= 0.3 is 0 Å². The Balaban J connectivity index is 2.89. The lowest BCUT2D eigenvalue weighted by molar-refractivity contribution is -0.384. The van der Waals surface area contributed by atoms with Gasteiger partial charge in [-0.2, -0.15) is 0 Å². The van der Waals surface area contributed by atoms with Gasteiger partial charge in [-0.3, -0.25) is 10.1 Å². The molecule has 0 aliphatic carbocycles. The minimum atomic E-state index is -0.416. The summed E-state index contributed by atoms with van der Waals surface area (Å²) in [6.07, 6.45) is 0.616. The van der Waals surface area contributed by atoms with Crippen LogP contribution < -0.4 is 0 Å². The summed E-state index contributed by atoms with van der Waals surface area (Å²) in [7, 11) is 3.84. The number of nitro groups is 1. The summed E-state index contributed by atoms with van der Waals surface area (Å²) in [5.74, 6) is 0. The number of nitro benzene ring substituents is 1. The van der Waals surface area contributed by atoms with Gasteiger partial charge in [0.05, 0.1) is 4.92 Å². The third-order valence-corrected chi connectivity index (χ3v) is 2.51. The van der Waals surface area contributed by atoms with Crippen LogP contribution in [0.2, 0.25) is 0 Å². The third-order valence-electron chi connectivity index (χ3n) is 2.51. The molecule has 0 bridgehead atoms. The molecule has 0 saturated carbocycles. The first-order valence-electron chi connectivity index (χ1n) is 5.08. The van der Waals surface area contributed by atoms with Gasteiger partial charge in [0.1, 0.15) is 0 Å². The van der Waals surface area contributed by atoms with Crippen LogP contribution in [0.1, 0.15) is 18.0 Å². The lowest BCUT2D eigenvalue weighted by atomic mass is 10.0. The number of hydrogen-bond acceptors (Lipinski definition) is 4. The highest BCUT2D eigenvalue weighted by molar-refractivity contribution is 5.34. The molecule has 0 heterocycles. The quantitative estimate of drug-likeness (QED) is 0.609. The van der Waals surface area contributed by atoms with E-state index in [2.05, 4.69) is 0 Å². The highest BCUT2D eigenvalue weighted by Crippen LogP contribution is 2.23. The molecular formula is C11H16N2O3. The van der Waals surface area contributed by atoms with Gasteiger partial charge in [-0.1, -0.05) is 12.1 Å². The molecule has 5 heteroatoms. The van der Waals surface area contributed by atoms with Gasteiger partial charge in [-0.05, 0) is 26.1 Å². The first-order valence-corrected chi connectivity index (χ1v) is 5.08. The van der Waals surface area contributed by atoms with Gasteiger partial charge in [0.15, 0.2) is 0 Å². The van der Waals surface area contributed by atoms with E-state index >= 15 is 0 Å². The zero-order valence-corrected chi connectivity index (χ0v) is 9.46. The van der Waals surface area contributed by atoms with Crippen molar-refractivity contribution in [3.8, 4) is 0 Å². The minimum absolute atomic E-state index is 0.0882. The van der Waals surface area contributed by atoms with E-state index in [0.29, 0.717) is 6.42 Å². The zero-order chi connectivity index (χ0) is 12.1. The molecule has 1 N–H and O–H groups in total. The molecule has 0 radical (unpaired) electrons. The fourth-order valence-electron chi connectivity index (χ4n) is 1.66. The summed E-state index contributed by atoms with van der Waals surface area (Å²) in [4.78, 5) is 12.1. The van der Waals surface area contributed by atoms with Crippen LogP contribution in [0.25, 0.3) is 0 Å². The number of non-ortho nitro benzene ring substituents is 1. The van der Waals surface area contributed by atoms with Gasteiger partial charge in [-0.15, -0.1) is 0 Å². The van der Waals surface area contributed by atoms with Gasteiger partial charge in [-0.25, -0.2) is 0 Å². The average molecular weight is 224 g/mol. The van der Waals surface area contributed by atoms with Crippen molar-refractivity contribution < 1.29 is 10.0 Å². The van der Waals surface area contributed by atoms with Crippen molar-refractivity contribution in [1.82, 2.24) is 4.90 Å². The lowest BCUT2D eigenvalue weighted by Crippen LogP contribution is -2.20. The molecule has 0 aliphatic heterocycles. The van der Waals surface area contributed by atoms with Gasteiger partial charge in [0.2, 0.25) is 0 Å². The summed E-state index contributed by atoms with van der Waals surface area (Å²) in [6, 6.07) is 6.54. The summed E-state index contributed by atoms with van der Waals surface area (Å²) < 4.78 is 0. The third kappa shape index (κ3) is 3.01. The Labute approximate surface area is 94.5 Å². The Bertz CT molecular complexity index is 349. The van der Waals surface area contributed by atoms with E-state index in [1.807, 2.05) is 19.0 Å². The monoisotopic (exact) mass is 224 g/mol. The lowest BCUT2D eigenvalue weighted by Gasteiger charge is -2.23. The van der Waals surface area contributed by atoms with Crippen molar-refractivity contribution in [2.24, 2.45) is 0 Å². The molecule has 0 aromatic heterocycles. The summed E-state index contributed by atoms with van der Waals surface area (Å²) in [5, 5.41) is 19.5. The second-order valence-corrected chi connectivity index (χ2v) is 3.84. The average Bonchev–Trinajstić information content (AvgIpc) is 2.25. The van der Waals surface area contributed by atoms with Crippen molar-refractivity contribution in [2.75, 3.05) is 20.7 Å². The molecule has 0 aliphatic rings. The highest BCUT2D eigenvalue weighted by atomic mass is 16.6. The summed E-state index contributed by atoms with van der Waals surface area (Å²) in [6.45, 7) is 0.0971. The number of rotatable bonds is 5. The highest BCUT2D eigenvalue weighted by Gasteiger charge is 2.14. The maximum absolute atomic E-state index is 10.5. The summed E-state index contributed by atoms with van der Waals surface area (Å²) >= 11 is 0. The van der Waals surface area contributed by atoms with E-state index < -0.39 is 4.92 Å². The van der Waals surface area contributed by atoms with Crippen LogP contribution in [0.15, 0.2) is 24.3 Å². The Morgan fingerprint density at radius 3 is 2.31 bits per heavy atom. The molecule has 1 aromatic rings. The summed E-state index contributed by atoms with van der Waals surface area (Å²) in [5.41, 5.74) is 1.06. The molecule has 1 aromatic carbocycles. The van der Waals surface area contributed by atoms with Crippen LogP contribution in [0.4, 0.5) is 5.69 Å². The molecule has 88 valence electrons. The molecule has 1 atom stereocenters. The predicted molar refractivity (Wildman–Crippen MR) is 61.2 cm³/mol. The predicted octanol–water partition coefficient (Wildman–Crippen LogP) is 1.58. The van der Waals surface area contributed by atoms with E-state index in [0.717, 1.165) is 5.56 Å². The molecule has 0 unspecified atom stereocenters. The fourth-order valence-corrected chi connectivity index (χ4v) is 1.66. The molecule has 0 spiro atoms. The first-order chi connectivity index (χ1) is 7.56. The normalized spacial score (nSPS) is 12.8. The van der Waals surface area contributed by atoms with E-state index in [-0.39, 0.29) is 18.3 Å². The Morgan fingerprint density at radius 1 is 1.38 bits per heavy atom. The van der Waals surface area contributed by atoms with Crippen LogP contribution in [0.5, 0.6) is 0 Å². The van der Waals surface area contributed by atoms with Gasteiger partial charge < -0.3 is 10.0 Å². The molecule has 16 heavy (non-hydrogen) atoms. The second kappa shape index (κ2) is 5.58. The van der Waals surface area contributed by atoms with E-state index in [9.17, 15) is 10.1 Å². The van der Waals surface area contributed by atoms with Gasteiger partial charge in [0.25, 0.3) is 5.69 Å². The van der Waals surface area contributed by atoms with Crippen LogP contribution >= 0.6 is 0 Å². The maximum Gasteiger partial charge on any atom is 0.269 e. The standard InChI is InChI=1S/C11H16N2O3/c1-12(2)11(7-8-14)9-3-5-10(6-4-9)13(15)16/h3-6,11,14H,7-8H2,1-2H3/t11-/m0/s1. The first kappa shape index (κ1) is 12.6. The van der Waals surface area contributed by atoms with Crippen LogP contribution in [-0.2, 0) is 0 Å². The smallest absolute Gasteiger partial charge is 0.269 e. The number of aliphatic hydroxyl groups is 1. The van der Waals surface area contributed by atoms with Crippen molar-refractivity contribution in [1.29, 1.82) is 0 Å². The topological polar surface area (TPSA) is 66.6 Å². The van der Waals surface area contributed by atoms with Crippen molar-refractivity contribution in [3.05, 3.63) is 39.9 Å².